The monoisotopic (exact) mass is 297 g/mol. The standard InChI is InChI=1S/C14H23N3O2S/c1-8(2)14-17-10(7-20-14)3-4-16-13(19)9-5-11(15)12(18)6-9/h7-9,11-12,18H,3-6,15H2,1-2H3,(H,16,19)/t9-,11+,12+/m0/s1. The van der Waals surface area contributed by atoms with Crippen LogP contribution in [0.2, 0.25) is 0 Å². The Morgan fingerprint density at radius 3 is 2.90 bits per heavy atom. The van der Waals surface area contributed by atoms with Gasteiger partial charge >= 0.3 is 0 Å². The number of amides is 1. The molecule has 112 valence electrons. The highest BCUT2D eigenvalue weighted by Gasteiger charge is 2.34. The summed E-state index contributed by atoms with van der Waals surface area (Å²) in [6.07, 6.45) is 1.25. The molecular weight excluding hydrogens is 274 g/mol. The second-order valence-electron chi connectivity index (χ2n) is 5.77. The van der Waals surface area contributed by atoms with Crippen molar-refractivity contribution in [3.63, 3.8) is 0 Å². The fourth-order valence-corrected chi connectivity index (χ4v) is 3.29. The van der Waals surface area contributed by atoms with Gasteiger partial charge in [-0.2, -0.15) is 0 Å². The fourth-order valence-electron chi connectivity index (χ4n) is 2.42. The molecule has 2 rings (SSSR count). The van der Waals surface area contributed by atoms with Crippen molar-refractivity contribution >= 4 is 17.2 Å². The van der Waals surface area contributed by atoms with E-state index >= 15 is 0 Å². The van der Waals surface area contributed by atoms with Crippen molar-refractivity contribution in [2.45, 2.75) is 51.2 Å². The summed E-state index contributed by atoms with van der Waals surface area (Å²) in [4.78, 5) is 16.5. The van der Waals surface area contributed by atoms with E-state index in [-0.39, 0.29) is 17.9 Å². The molecule has 0 radical (unpaired) electrons. The fraction of sp³-hybridized carbons (Fsp3) is 0.714. The third kappa shape index (κ3) is 3.77. The Morgan fingerprint density at radius 1 is 1.60 bits per heavy atom. The Morgan fingerprint density at radius 2 is 2.35 bits per heavy atom. The van der Waals surface area contributed by atoms with Crippen LogP contribution in [0.1, 0.15) is 43.3 Å². The number of aliphatic hydroxyl groups is 1. The third-order valence-electron chi connectivity index (χ3n) is 3.69. The van der Waals surface area contributed by atoms with Gasteiger partial charge in [-0.15, -0.1) is 11.3 Å². The van der Waals surface area contributed by atoms with Crippen LogP contribution in [0.3, 0.4) is 0 Å². The predicted molar refractivity (Wildman–Crippen MR) is 79.6 cm³/mol. The smallest absolute Gasteiger partial charge is 0.223 e. The van der Waals surface area contributed by atoms with E-state index in [1.165, 1.54) is 0 Å². The normalized spacial score (nSPS) is 26.1. The van der Waals surface area contributed by atoms with Crippen molar-refractivity contribution < 1.29 is 9.90 Å². The highest BCUT2D eigenvalue weighted by atomic mass is 32.1. The Bertz CT molecular complexity index is 451. The molecule has 0 unspecified atom stereocenters. The zero-order valence-corrected chi connectivity index (χ0v) is 12.8. The van der Waals surface area contributed by atoms with E-state index in [2.05, 4.69) is 29.5 Å². The molecular formula is C14H23N3O2S. The Labute approximate surface area is 123 Å². The largest absolute Gasteiger partial charge is 0.391 e. The molecule has 0 spiro atoms. The molecule has 6 heteroatoms. The van der Waals surface area contributed by atoms with Crippen molar-refractivity contribution in [3.05, 3.63) is 16.1 Å². The Balaban J connectivity index is 1.74. The van der Waals surface area contributed by atoms with Gasteiger partial charge in [-0.25, -0.2) is 4.98 Å². The first-order valence-corrected chi connectivity index (χ1v) is 8.01. The minimum absolute atomic E-state index is 0.00341. The van der Waals surface area contributed by atoms with Gasteiger partial charge in [-0.1, -0.05) is 13.8 Å². The summed E-state index contributed by atoms with van der Waals surface area (Å²) >= 11 is 1.67. The van der Waals surface area contributed by atoms with Gasteiger partial charge in [0.05, 0.1) is 16.8 Å². The van der Waals surface area contributed by atoms with E-state index in [1.807, 2.05) is 0 Å². The van der Waals surface area contributed by atoms with E-state index in [0.717, 1.165) is 17.1 Å². The van der Waals surface area contributed by atoms with Crippen LogP contribution in [-0.4, -0.2) is 34.7 Å². The molecule has 1 aromatic rings. The van der Waals surface area contributed by atoms with Crippen LogP contribution in [0.25, 0.3) is 0 Å². The van der Waals surface area contributed by atoms with Crippen molar-refractivity contribution in [3.8, 4) is 0 Å². The number of nitrogens with zero attached hydrogens (tertiary/aromatic N) is 1. The van der Waals surface area contributed by atoms with Gasteiger partial charge in [0.25, 0.3) is 0 Å². The van der Waals surface area contributed by atoms with Crippen molar-refractivity contribution in [1.29, 1.82) is 0 Å². The molecule has 0 aromatic carbocycles. The number of rotatable bonds is 5. The molecule has 4 N–H and O–H groups in total. The summed E-state index contributed by atoms with van der Waals surface area (Å²) in [6, 6.07) is -0.266. The van der Waals surface area contributed by atoms with Gasteiger partial charge in [0.15, 0.2) is 0 Å². The average Bonchev–Trinajstić information content (AvgIpc) is 2.98. The molecule has 1 aromatic heterocycles. The van der Waals surface area contributed by atoms with Crippen LogP contribution in [0.15, 0.2) is 5.38 Å². The summed E-state index contributed by atoms with van der Waals surface area (Å²) in [5.41, 5.74) is 6.75. The number of aliphatic hydroxyl groups excluding tert-OH is 1. The highest BCUT2D eigenvalue weighted by Crippen LogP contribution is 2.24. The zero-order chi connectivity index (χ0) is 14.7. The summed E-state index contributed by atoms with van der Waals surface area (Å²) in [7, 11) is 0. The van der Waals surface area contributed by atoms with E-state index in [9.17, 15) is 9.90 Å². The van der Waals surface area contributed by atoms with Gasteiger partial charge in [-0.05, 0) is 12.8 Å². The van der Waals surface area contributed by atoms with Crippen molar-refractivity contribution in [2.75, 3.05) is 6.54 Å². The number of thiazole rings is 1. The summed E-state index contributed by atoms with van der Waals surface area (Å²) in [6.45, 7) is 4.83. The van der Waals surface area contributed by atoms with Crippen LogP contribution in [0.5, 0.6) is 0 Å². The molecule has 1 aliphatic carbocycles. The van der Waals surface area contributed by atoms with E-state index in [1.54, 1.807) is 11.3 Å². The molecule has 1 amide bonds. The topological polar surface area (TPSA) is 88.2 Å². The lowest BCUT2D eigenvalue weighted by molar-refractivity contribution is -0.125. The predicted octanol–water partition coefficient (Wildman–Crippen LogP) is 1.02. The minimum Gasteiger partial charge on any atom is -0.391 e. The molecule has 0 aliphatic heterocycles. The molecule has 0 bridgehead atoms. The second kappa shape index (κ2) is 6.65. The lowest BCUT2D eigenvalue weighted by Gasteiger charge is -2.09. The maximum Gasteiger partial charge on any atom is 0.223 e. The van der Waals surface area contributed by atoms with Gasteiger partial charge in [0.2, 0.25) is 5.91 Å². The molecule has 0 saturated heterocycles. The zero-order valence-electron chi connectivity index (χ0n) is 12.0. The van der Waals surface area contributed by atoms with Crippen molar-refractivity contribution in [2.24, 2.45) is 11.7 Å². The summed E-state index contributed by atoms with van der Waals surface area (Å²) < 4.78 is 0. The average molecular weight is 297 g/mol. The Kier molecular flexibility index (Phi) is 5.12. The van der Waals surface area contributed by atoms with E-state index in [0.29, 0.717) is 25.3 Å². The van der Waals surface area contributed by atoms with Crippen LogP contribution in [0.4, 0.5) is 0 Å². The molecule has 3 atom stereocenters. The lowest BCUT2D eigenvalue weighted by Crippen LogP contribution is -2.32. The maximum atomic E-state index is 11.9. The number of nitrogens with one attached hydrogen (secondary N) is 1. The number of nitrogens with two attached hydrogens (primary N) is 1. The summed E-state index contributed by atoms with van der Waals surface area (Å²) in [5.74, 6) is 0.294. The quantitative estimate of drug-likeness (QED) is 0.757. The van der Waals surface area contributed by atoms with Gasteiger partial charge < -0.3 is 16.2 Å². The third-order valence-corrected chi connectivity index (χ3v) is 4.89. The lowest BCUT2D eigenvalue weighted by atomic mass is 10.1. The first-order valence-electron chi connectivity index (χ1n) is 7.13. The summed E-state index contributed by atoms with van der Waals surface area (Å²) in [5, 5.41) is 15.7. The molecule has 1 saturated carbocycles. The molecule has 1 aliphatic rings. The molecule has 5 nitrogen and oxygen atoms in total. The van der Waals surface area contributed by atoms with Gasteiger partial charge in [0, 0.05) is 36.2 Å². The number of hydrogen-bond donors (Lipinski definition) is 3. The molecule has 20 heavy (non-hydrogen) atoms. The van der Waals surface area contributed by atoms with E-state index in [4.69, 9.17) is 5.73 Å². The number of hydrogen-bond acceptors (Lipinski definition) is 5. The number of carbonyl (C=O) groups excluding carboxylic acids is 1. The molecule has 1 fully saturated rings. The minimum atomic E-state index is -0.544. The van der Waals surface area contributed by atoms with Crippen LogP contribution in [-0.2, 0) is 11.2 Å². The number of aromatic nitrogens is 1. The van der Waals surface area contributed by atoms with Crippen molar-refractivity contribution in [1.82, 2.24) is 10.3 Å². The highest BCUT2D eigenvalue weighted by molar-refractivity contribution is 7.09. The van der Waals surface area contributed by atoms with Crippen LogP contribution >= 0.6 is 11.3 Å². The van der Waals surface area contributed by atoms with Crippen LogP contribution in [0, 0.1) is 5.92 Å². The number of carbonyl (C=O) groups is 1. The maximum absolute atomic E-state index is 11.9. The molecule has 1 heterocycles. The Hall–Kier alpha value is -0.980. The van der Waals surface area contributed by atoms with Gasteiger partial charge in [-0.3, -0.25) is 4.79 Å². The first kappa shape index (κ1) is 15.4. The first-order chi connectivity index (χ1) is 9.47. The van der Waals surface area contributed by atoms with Crippen LogP contribution < -0.4 is 11.1 Å². The second-order valence-corrected chi connectivity index (χ2v) is 6.66. The SMILES string of the molecule is CC(C)c1nc(CCNC(=O)[C@H]2C[C@@H](N)[C@H](O)C2)cs1. The van der Waals surface area contributed by atoms with E-state index < -0.39 is 6.10 Å². The van der Waals surface area contributed by atoms with Gasteiger partial charge in [0.1, 0.15) is 0 Å².